The minimum Gasteiger partial charge on any atom is -0.481 e. The van der Waals surface area contributed by atoms with Crippen LogP contribution in [0.4, 0.5) is 5.88 Å². The van der Waals surface area contributed by atoms with E-state index >= 15 is 0 Å². The first-order valence-corrected chi connectivity index (χ1v) is 7.79. The van der Waals surface area contributed by atoms with E-state index in [-0.39, 0.29) is 17.2 Å². The van der Waals surface area contributed by atoms with Crippen LogP contribution < -0.4 is 10.3 Å². The van der Waals surface area contributed by atoms with E-state index in [9.17, 15) is 14.7 Å². The molecule has 7 heteroatoms. The average Bonchev–Trinajstić information content (AvgIpc) is 2.54. The molecule has 1 atom stereocenters. The summed E-state index contributed by atoms with van der Waals surface area (Å²) < 4.78 is 11.2. The van der Waals surface area contributed by atoms with Crippen molar-refractivity contribution < 1.29 is 24.2 Å². The number of ether oxygens (including phenoxy) is 1. The summed E-state index contributed by atoms with van der Waals surface area (Å²) in [5.41, 5.74) is 0.910. The molecule has 2 heterocycles. The molecule has 1 saturated heterocycles. The number of morpholine rings is 1. The van der Waals surface area contributed by atoms with Crippen molar-refractivity contribution in [2.24, 2.45) is 0 Å². The largest absolute Gasteiger partial charge is 0.481 e. The van der Waals surface area contributed by atoms with Crippen LogP contribution in [0, 0.1) is 0 Å². The Morgan fingerprint density at radius 1 is 1.29 bits per heavy atom. The zero-order valence-electron chi connectivity index (χ0n) is 13.3. The molecule has 0 bridgehead atoms. The summed E-state index contributed by atoms with van der Waals surface area (Å²) in [7, 11) is 0. The van der Waals surface area contributed by atoms with E-state index in [2.05, 4.69) is 0 Å². The van der Waals surface area contributed by atoms with Crippen LogP contribution in [-0.2, 0) is 16.0 Å². The molecule has 0 radical (unpaired) electrons. The number of hydrogen-bond donors (Lipinski definition) is 2. The lowest BCUT2D eigenvalue weighted by molar-refractivity contribution is -0.136. The van der Waals surface area contributed by atoms with Crippen molar-refractivity contribution in [1.29, 1.82) is 0 Å². The minimum absolute atomic E-state index is 0.222. The molecule has 1 unspecified atom stereocenters. The molecule has 3 rings (SSSR count). The van der Waals surface area contributed by atoms with Crippen molar-refractivity contribution in [3.05, 3.63) is 39.5 Å². The number of aliphatic hydroxyl groups excluding tert-OH is 1. The summed E-state index contributed by atoms with van der Waals surface area (Å²) in [5.74, 6) is -0.566. The number of aliphatic carboxylic acids is 1. The Bertz CT molecular complexity index is 820. The molecule has 0 saturated carbocycles. The zero-order valence-corrected chi connectivity index (χ0v) is 13.3. The SMILES string of the molecule is CC(O)c1cc(CC(=O)O)cc2c(=O)cc(N3CCOCC3)oc12. The van der Waals surface area contributed by atoms with Crippen molar-refractivity contribution in [3.63, 3.8) is 0 Å². The van der Waals surface area contributed by atoms with Gasteiger partial charge in [0.1, 0.15) is 5.58 Å². The smallest absolute Gasteiger partial charge is 0.307 e. The Kier molecular flexibility index (Phi) is 4.55. The van der Waals surface area contributed by atoms with Crippen LogP contribution in [0.3, 0.4) is 0 Å². The number of hydrogen-bond acceptors (Lipinski definition) is 6. The van der Waals surface area contributed by atoms with Crippen molar-refractivity contribution in [2.45, 2.75) is 19.4 Å². The molecule has 2 N–H and O–H groups in total. The monoisotopic (exact) mass is 333 g/mol. The summed E-state index contributed by atoms with van der Waals surface area (Å²) in [4.78, 5) is 25.4. The van der Waals surface area contributed by atoms with Crippen LogP contribution in [0.15, 0.2) is 27.4 Å². The lowest BCUT2D eigenvalue weighted by atomic mass is 10.0. The highest BCUT2D eigenvalue weighted by atomic mass is 16.5. The van der Waals surface area contributed by atoms with E-state index in [4.69, 9.17) is 14.3 Å². The third-order valence-corrected chi connectivity index (χ3v) is 4.03. The number of benzene rings is 1. The van der Waals surface area contributed by atoms with Crippen molar-refractivity contribution in [3.8, 4) is 0 Å². The highest BCUT2D eigenvalue weighted by molar-refractivity contribution is 5.83. The van der Waals surface area contributed by atoms with Crippen LogP contribution in [0.1, 0.15) is 24.2 Å². The summed E-state index contributed by atoms with van der Waals surface area (Å²) in [5, 5.41) is 19.3. The lowest BCUT2D eigenvalue weighted by Gasteiger charge is -2.27. The van der Waals surface area contributed by atoms with Crippen LogP contribution in [0.2, 0.25) is 0 Å². The molecule has 0 amide bonds. The standard InChI is InChI=1S/C17H19NO6/c1-10(19)12-6-11(8-16(21)22)7-13-14(20)9-15(24-17(12)13)18-2-4-23-5-3-18/h6-7,9-10,19H,2-5,8H2,1H3,(H,21,22). The van der Waals surface area contributed by atoms with E-state index in [1.165, 1.54) is 12.1 Å². The number of carboxylic acids is 1. The Labute approximate surface area is 138 Å². The first kappa shape index (κ1) is 16.5. The molecule has 1 fully saturated rings. The first-order valence-electron chi connectivity index (χ1n) is 7.79. The molecule has 1 aromatic carbocycles. The van der Waals surface area contributed by atoms with Crippen molar-refractivity contribution in [2.75, 3.05) is 31.2 Å². The van der Waals surface area contributed by atoms with E-state index in [0.29, 0.717) is 48.9 Å². The second-order valence-corrected chi connectivity index (χ2v) is 5.86. The fourth-order valence-corrected chi connectivity index (χ4v) is 2.86. The second-order valence-electron chi connectivity index (χ2n) is 5.86. The molecular formula is C17H19NO6. The van der Waals surface area contributed by atoms with Gasteiger partial charge >= 0.3 is 5.97 Å². The normalized spacial score (nSPS) is 16.3. The third kappa shape index (κ3) is 3.27. The number of rotatable bonds is 4. The van der Waals surface area contributed by atoms with Gasteiger partial charge < -0.3 is 24.3 Å². The molecule has 7 nitrogen and oxygen atoms in total. The summed E-state index contributed by atoms with van der Waals surface area (Å²) in [6, 6.07) is 4.50. The minimum atomic E-state index is -1.000. The molecule has 1 aliphatic rings. The predicted molar refractivity (Wildman–Crippen MR) is 87.5 cm³/mol. The van der Waals surface area contributed by atoms with Crippen LogP contribution in [0.25, 0.3) is 11.0 Å². The summed E-state index contributed by atoms with van der Waals surface area (Å²) in [6.45, 7) is 3.91. The number of anilines is 1. The topological polar surface area (TPSA) is 100 Å². The van der Waals surface area contributed by atoms with Gasteiger partial charge in [-0.1, -0.05) is 0 Å². The van der Waals surface area contributed by atoms with Crippen molar-refractivity contribution in [1.82, 2.24) is 0 Å². The Hall–Kier alpha value is -2.38. The molecule has 1 aliphatic heterocycles. The molecule has 1 aromatic heterocycles. The predicted octanol–water partition coefficient (Wildman–Crippen LogP) is 1.31. The van der Waals surface area contributed by atoms with Gasteiger partial charge in [0.2, 0.25) is 0 Å². The van der Waals surface area contributed by atoms with E-state index in [0.717, 1.165) is 0 Å². The quantitative estimate of drug-likeness (QED) is 0.870. The average molecular weight is 333 g/mol. The van der Waals surface area contributed by atoms with Gasteiger partial charge in [0.25, 0.3) is 0 Å². The Morgan fingerprint density at radius 3 is 2.62 bits per heavy atom. The zero-order chi connectivity index (χ0) is 17.3. The maximum atomic E-state index is 12.5. The highest BCUT2D eigenvalue weighted by Crippen LogP contribution is 2.28. The van der Waals surface area contributed by atoms with Crippen LogP contribution in [-0.4, -0.2) is 42.5 Å². The fraction of sp³-hybridized carbons (Fsp3) is 0.412. The molecule has 0 spiro atoms. The molecule has 0 aliphatic carbocycles. The van der Waals surface area contributed by atoms with E-state index in [1.807, 2.05) is 4.90 Å². The third-order valence-electron chi connectivity index (χ3n) is 4.03. The van der Waals surface area contributed by atoms with Crippen molar-refractivity contribution >= 4 is 22.8 Å². The first-order chi connectivity index (χ1) is 11.5. The number of carboxylic acid groups (broad SMARTS) is 1. The van der Waals surface area contributed by atoms with Gasteiger partial charge in [0, 0.05) is 24.7 Å². The van der Waals surface area contributed by atoms with Gasteiger partial charge in [-0.25, -0.2) is 0 Å². The number of fused-ring (bicyclic) bond motifs is 1. The maximum absolute atomic E-state index is 12.5. The Balaban J connectivity index is 2.16. The lowest BCUT2D eigenvalue weighted by Crippen LogP contribution is -2.36. The molecule has 24 heavy (non-hydrogen) atoms. The highest BCUT2D eigenvalue weighted by Gasteiger charge is 2.19. The number of aliphatic hydroxyl groups is 1. The van der Waals surface area contributed by atoms with E-state index in [1.54, 1.807) is 13.0 Å². The van der Waals surface area contributed by atoms with Gasteiger partial charge in [0.15, 0.2) is 11.3 Å². The second kappa shape index (κ2) is 6.62. The maximum Gasteiger partial charge on any atom is 0.307 e. The Morgan fingerprint density at radius 2 is 2.00 bits per heavy atom. The summed E-state index contributed by atoms with van der Waals surface area (Å²) in [6.07, 6.45) is -1.11. The molecular weight excluding hydrogens is 314 g/mol. The van der Waals surface area contributed by atoms with Crippen LogP contribution >= 0.6 is 0 Å². The molecule has 2 aromatic rings. The number of carbonyl (C=O) groups is 1. The van der Waals surface area contributed by atoms with Gasteiger partial charge in [-0.15, -0.1) is 0 Å². The van der Waals surface area contributed by atoms with Gasteiger partial charge in [-0.05, 0) is 24.6 Å². The summed E-state index contributed by atoms with van der Waals surface area (Å²) >= 11 is 0. The van der Waals surface area contributed by atoms with Crippen LogP contribution in [0.5, 0.6) is 0 Å². The van der Waals surface area contributed by atoms with Gasteiger partial charge in [0.05, 0.1) is 31.1 Å². The van der Waals surface area contributed by atoms with E-state index < -0.39 is 12.1 Å². The number of nitrogens with zero attached hydrogens (tertiary/aromatic N) is 1. The molecule has 128 valence electrons. The fourth-order valence-electron chi connectivity index (χ4n) is 2.86. The van der Waals surface area contributed by atoms with Gasteiger partial charge in [-0.3, -0.25) is 9.59 Å². The van der Waals surface area contributed by atoms with Gasteiger partial charge in [-0.2, -0.15) is 0 Å².